The SMILES string of the molecule is CCCCSc1nc(-c2cccs2)c(C(=O)C(F)(F)F)cc1C#N. The highest BCUT2D eigenvalue weighted by Gasteiger charge is 2.41. The molecule has 0 atom stereocenters. The van der Waals surface area contributed by atoms with Crippen LogP contribution in [0.1, 0.15) is 35.7 Å². The van der Waals surface area contributed by atoms with E-state index in [1.54, 1.807) is 17.5 Å². The van der Waals surface area contributed by atoms with Gasteiger partial charge in [-0.15, -0.1) is 23.1 Å². The first kappa shape index (κ1) is 18.5. The molecular weight excluding hydrogens is 357 g/mol. The number of pyridine rings is 1. The maximum absolute atomic E-state index is 12.9. The predicted octanol–water partition coefficient (Wildman–Crippen LogP) is 5.32. The van der Waals surface area contributed by atoms with Crippen molar-refractivity contribution in [1.82, 2.24) is 4.98 Å². The van der Waals surface area contributed by atoms with Crippen LogP contribution in [0.15, 0.2) is 28.6 Å². The maximum Gasteiger partial charge on any atom is 0.454 e. The van der Waals surface area contributed by atoms with Gasteiger partial charge in [0.1, 0.15) is 11.1 Å². The molecule has 0 bridgehead atoms. The third kappa shape index (κ3) is 4.16. The molecule has 2 heterocycles. The van der Waals surface area contributed by atoms with Crippen molar-refractivity contribution in [2.75, 3.05) is 5.75 Å². The van der Waals surface area contributed by atoms with Gasteiger partial charge in [0.2, 0.25) is 0 Å². The summed E-state index contributed by atoms with van der Waals surface area (Å²) in [4.78, 5) is 16.4. The molecule has 0 aliphatic carbocycles. The molecular formula is C16H13F3N2OS2. The number of hydrogen-bond acceptors (Lipinski definition) is 5. The largest absolute Gasteiger partial charge is 0.454 e. The summed E-state index contributed by atoms with van der Waals surface area (Å²) in [5.74, 6) is -1.28. The van der Waals surface area contributed by atoms with Crippen LogP contribution in [0.25, 0.3) is 10.6 Å². The molecule has 0 fully saturated rings. The molecule has 0 spiro atoms. The number of carbonyl (C=O) groups is 1. The Balaban J connectivity index is 2.57. The van der Waals surface area contributed by atoms with E-state index in [4.69, 9.17) is 0 Å². The van der Waals surface area contributed by atoms with Crippen molar-refractivity contribution in [2.24, 2.45) is 0 Å². The Hall–Kier alpha value is -1.85. The predicted molar refractivity (Wildman–Crippen MR) is 88.3 cm³/mol. The van der Waals surface area contributed by atoms with Crippen LogP contribution in [0, 0.1) is 11.3 Å². The van der Waals surface area contributed by atoms with E-state index in [1.165, 1.54) is 23.1 Å². The Morgan fingerprint density at radius 3 is 2.75 bits per heavy atom. The molecule has 0 radical (unpaired) electrons. The number of nitriles is 1. The smallest absolute Gasteiger partial charge is 0.284 e. The standard InChI is InChI=1S/C16H13F3N2OS2/c1-2-3-6-24-15-10(9-20)8-11(14(22)16(17,18)19)13(21-15)12-5-4-7-23-12/h4-5,7-8H,2-3,6H2,1H3. The number of aromatic nitrogens is 1. The van der Waals surface area contributed by atoms with Gasteiger partial charge < -0.3 is 0 Å². The number of unbranched alkanes of at least 4 members (excludes halogenated alkanes) is 1. The zero-order valence-electron chi connectivity index (χ0n) is 12.7. The van der Waals surface area contributed by atoms with Gasteiger partial charge in [-0.2, -0.15) is 18.4 Å². The summed E-state index contributed by atoms with van der Waals surface area (Å²) in [6.45, 7) is 2.02. The van der Waals surface area contributed by atoms with E-state index >= 15 is 0 Å². The van der Waals surface area contributed by atoms with Crippen molar-refractivity contribution >= 4 is 28.9 Å². The van der Waals surface area contributed by atoms with Gasteiger partial charge in [0, 0.05) is 0 Å². The summed E-state index contributed by atoms with van der Waals surface area (Å²) in [5, 5.41) is 11.3. The summed E-state index contributed by atoms with van der Waals surface area (Å²) in [5.41, 5.74) is -0.615. The Labute approximate surface area is 145 Å². The topological polar surface area (TPSA) is 53.8 Å². The maximum atomic E-state index is 12.9. The van der Waals surface area contributed by atoms with E-state index in [0.29, 0.717) is 15.7 Å². The molecule has 0 saturated heterocycles. The minimum Gasteiger partial charge on any atom is -0.284 e. The number of carbonyl (C=O) groups excluding carboxylic acids is 1. The third-order valence-electron chi connectivity index (χ3n) is 3.10. The highest BCUT2D eigenvalue weighted by Crippen LogP contribution is 2.34. The number of ketones is 1. The minimum absolute atomic E-state index is 0.0102. The van der Waals surface area contributed by atoms with Crippen LogP contribution in [-0.2, 0) is 0 Å². The first-order valence-corrected chi connectivity index (χ1v) is 8.98. The van der Waals surface area contributed by atoms with Gasteiger partial charge in [-0.3, -0.25) is 4.79 Å². The second kappa shape index (κ2) is 7.81. The quantitative estimate of drug-likeness (QED) is 0.392. The number of hydrogen-bond donors (Lipinski definition) is 0. The van der Waals surface area contributed by atoms with E-state index in [2.05, 4.69) is 4.98 Å². The number of rotatable bonds is 6. The molecule has 0 aliphatic rings. The molecule has 0 aliphatic heterocycles. The molecule has 2 aromatic heterocycles. The number of alkyl halides is 3. The molecule has 0 unspecified atom stereocenters. The number of halogens is 3. The molecule has 8 heteroatoms. The van der Waals surface area contributed by atoms with Crippen LogP contribution in [0.2, 0.25) is 0 Å². The van der Waals surface area contributed by atoms with Crippen LogP contribution < -0.4 is 0 Å². The number of Topliss-reactive ketones (excluding diaryl/α,β-unsaturated/α-hetero) is 1. The monoisotopic (exact) mass is 370 g/mol. The van der Waals surface area contributed by atoms with E-state index < -0.39 is 17.5 Å². The molecule has 24 heavy (non-hydrogen) atoms. The molecule has 0 aromatic carbocycles. The van der Waals surface area contributed by atoms with Crippen molar-refractivity contribution in [2.45, 2.75) is 31.0 Å². The van der Waals surface area contributed by atoms with Gasteiger partial charge in [-0.25, -0.2) is 4.98 Å². The zero-order valence-corrected chi connectivity index (χ0v) is 14.3. The fourth-order valence-corrected chi connectivity index (χ4v) is 3.70. The summed E-state index contributed by atoms with van der Waals surface area (Å²) in [6.07, 6.45) is -3.16. The Morgan fingerprint density at radius 2 is 2.21 bits per heavy atom. The average Bonchev–Trinajstić information content (AvgIpc) is 3.07. The highest BCUT2D eigenvalue weighted by molar-refractivity contribution is 7.99. The number of thioether (sulfide) groups is 1. The molecule has 2 rings (SSSR count). The number of nitrogens with zero attached hydrogens (tertiary/aromatic N) is 2. The van der Waals surface area contributed by atoms with Gasteiger partial charge in [-0.1, -0.05) is 19.4 Å². The molecule has 2 aromatic rings. The lowest BCUT2D eigenvalue weighted by Gasteiger charge is -2.12. The Kier molecular flexibility index (Phi) is 6.02. The normalized spacial score (nSPS) is 11.3. The van der Waals surface area contributed by atoms with Gasteiger partial charge in [0.25, 0.3) is 5.78 Å². The second-order valence-corrected chi connectivity index (χ2v) is 6.89. The van der Waals surface area contributed by atoms with Gasteiger partial charge in [0.05, 0.1) is 21.7 Å². The van der Waals surface area contributed by atoms with E-state index in [0.717, 1.165) is 18.9 Å². The summed E-state index contributed by atoms with van der Waals surface area (Å²) in [7, 11) is 0. The Bertz CT molecular complexity index is 765. The van der Waals surface area contributed by atoms with Crippen molar-refractivity contribution in [3.8, 4) is 16.6 Å². The van der Waals surface area contributed by atoms with Gasteiger partial charge in [0.15, 0.2) is 0 Å². The van der Waals surface area contributed by atoms with E-state index in [1.807, 2.05) is 13.0 Å². The lowest BCUT2D eigenvalue weighted by atomic mass is 10.1. The van der Waals surface area contributed by atoms with Crippen molar-refractivity contribution in [3.05, 3.63) is 34.7 Å². The highest BCUT2D eigenvalue weighted by atomic mass is 32.2. The van der Waals surface area contributed by atoms with E-state index in [9.17, 15) is 23.2 Å². The summed E-state index contributed by atoms with van der Waals surface area (Å²) < 4.78 is 38.6. The van der Waals surface area contributed by atoms with Crippen molar-refractivity contribution < 1.29 is 18.0 Å². The van der Waals surface area contributed by atoms with Crippen LogP contribution in [0.3, 0.4) is 0 Å². The molecule has 0 amide bonds. The molecule has 0 N–H and O–H groups in total. The van der Waals surface area contributed by atoms with Gasteiger partial charge in [-0.05, 0) is 29.7 Å². The van der Waals surface area contributed by atoms with Crippen LogP contribution >= 0.6 is 23.1 Å². The van der Waals surface area contributed by atoms with Crippen LogP contribution in [-0.4, -0.2) is 22.7 Å². The van der Waals surface area contributed by atoms with E-state index in [-0.39, 0.29) is 11.3 Å². The summed E-state index contributed by atoms with van der Waals surface area (Å²) >= 11 is 2.51. The second-order valence-electron chi connectivity index (χ2n) is 4.86. The number of thiophene rings is 1. The summed E-state index contributed by atoms with van der Waals surface area (Å²) in [6, 6.07) is 6.12. The lowest BCUT2D eigenvalue weighted by molar-refractivity contribution is -0.0885. The Morgan fingerprint density at radius 1 is 1.46 bits per heavy atom. The zero-order chi connectivity index (χ0) is 17.7. The third-order valence-corrected chi connectivity index (χ3v) is 5.06. The van der Waals surface area contributed by atoms with Crippen molar-refractivity contribution in [1.29, 1.82) is 5.26 Å². The van der Waals surface area contributed by atoms with Crippen molar-refractivity contribution in [3.63, 3.8) is 0 Å². The first-order valence-electron chi connectivity index (χ1n) is 7.11. The molecule has 126 valence electrons. The first-order chi connectivity index (χ1) is 11.4. The minimum atomic E-state index is -5.02. The fourth-order valence-electron chi connectivity index (χ4n) is 1.93. The average molecular weight is 370 g/mol. The fraction of sp³-hybridized carbons (Fsp3) is 0.312. The molecule has 0 saturated carbocycles. The van der Waals surface area contributed by atoms with Crippen LogP contribution in [0.4, 0.5) is 13.2 Å². The lowest BCUT2D eigenvalue weighted by Crippen LogP contribution is -2.24. The van der Waals surface area contributed by atoms with Gasteiger partial charge >= 0.3 is 6.18 Å². The van der Waals surface area contributed by atoms with Crippen LogP contribution in [0.5, 0.6) is 0 Å². The molecule has 3 nitrogen and oxygen atoms in total.